The maximum absolute atomic E-state index is 12.7. The summed E-state index contributed by atoms with van der Waals surface area (Å²) in [6, 6.07) is 0. The van der Waals surface area contributed by atoms with E-state index < -0.39 is 11.6 Å². The van der Waals surface area contributed by atoms with Crippen LogP contribution in [0.2, 0.25) is 0 Å². The highest BCUT2D eigenvalue weighted by Gasteiger charge is 2.35. The minimum absolute atomic E-state index is 0.125. The Kier molecular flexibility index (Phi) is 11.7. The number of rotatable bonds is 12. The molecule has 0 aromatic heterocycles. The molecule has 0 saturated carbocycles. The van der Waals surface area contributed by atoms with Gasteiger partial charge in [0.2, 0.25) is 0 Å². The van der Waals surface area contributed by atoms with E-state index in [1.165, 1.54) is 0 Å². The standard InChI is InChI=1S/C21H39NO3/c1-8-12-13-17(6)19(22)24-15-18(10-3)25-20(23)21(7,11-4)14-16(5)9-2/h8,12-13,16,18-19H,9-11,14-15,22H2,1-7H3. The molecule has 0 spiro atoms. The average molecular weight is 354 g/mol. The number of hydrogen-bond acceptors (Lipinski definition) is 4. The van der Waals surface area contributed by atoms with Crippen molar-refractivity contribution >= 4 is 5.97 Å². The van der Waals surface area contributed by atoms with Crippen LogP contribution in [0.5, 0.6) is 0 Å². The van der Waals surface area contributed by atoms with E-state index in [-0.39, 0.29) is 12.1 Å². The number of hydrogen-bond donors (Lipinski definition) is 1. The first-order valence-corrected chi connectivity index (χ1v) is 9.61. The quantitative estimate of drug-likeness (QED) is 0.305. The molecule has 4 nitrogen and oxygen atoms in total. The van der Waals surface area contributed by atoms with Gasteiger partial charge in [-0.25, -0.2) is 0 Å². The molecule has 0 aromatic rings. The first-order valence-electron chi connectivity index (χ1n) is 9.61. The second-order valence-corrected chi connectivity index (χ2v) is 7.26. The van der Waals surface area contributed by atoms with Gasteiger partial charge in [-0.1, -0.05) is 52.3 Å². The van der Waals surface area contributed by atoms with Crippen LogP contribution in [0, 0.1) is 11.3 Å². The Hall–Kier alpha value is -1.13. The molecule has 0 aliphatic carbocycles. The smallest absolute Gasteiger partial charge is 0.312 e. The van der Waals surface area contributed by atoms with Gasteiger partial charge >= 0.3 is 5.97 Å². The van der Waals surface area contributed by atoms with Crippen LogP contribution in [0.25, 0.3) is 0 Å². The number of carbonyl (C=O) groups is 1. The summed E-state index contributed by atoms with van der Waals surface area (Å²) < 4.78 is 11.5. The van der Waals surface area contributed by atoms with Gasteiger partial charge in [0.25, 0.3) is 0 Å². The fourth-order valence-electron chi connectivity index (χ4n) is 2.50. The van der Waals surface area contributed by atoms with Gasteiger partial charge in [-0.15, -0.1) is 0 Å². The Bertz CT molecular complexity index is 444. The summed E-state index contributed by atoms with van der Waals surface area (Å²) in [5, 5.41) is 0. The lowest BCUT2D eigenvalue weighted by atomic mass is 9.78. The molecule has 0 fully saturated rings. The molecule has 0 aliphatic heterocycles. The van der Waals surface area contributed by atoms with Gasteiger partial charge in [0, 0.05) is 0 Å². The van der Waals surface area contributed by atoms with Crippen LogP contribution < -0.4 is 5.73 Å². The largest absolute Gasteiger partial charge is 0.460 e. The van der Waals surface area contributed by atoms with Crippen molar-refractivity contribution in [2.24, 2.45) is 17.1 Å². The van der Waals surface area contributed by atoms with Crippen molar-refractivity contribution in [2.45, 2.75) is 86.5 Å². The molecule has 0 aliphatic rings. The molecule has 0 bridgehead atoms. The van der Waals surface area contributed by atoms with E-state index in [1.807, 2.05) is 52.8 Å². The molecule has 2 N–H and O–H groups in total. The van der Waals surface area contributed by atoms with Crippen molar-refractivity contribution in [3.05, 3.63) is 23.8 Å². The molecule has 4 heteroatoms. The molecular weight excluding hydrogens is 314 g/mol. The number of esters is 1. The zero-order valence-electron chi connectivity index (χ0n) is 17.3. The molecule has 0 rings (SSSR count). The van der Waals surface area contributed by atoms with E-state index in [1.54, 1.807) is 0 Å². The van der Waals surface area contributed by atoms with Crippen LogP contribution in [0.4, 0.5) is 0 Å². The van der Waals surface area contributed by atoms with Crippen LogP contribution in [-0.4, -0.2) is 24.9 Å². The predicted octanol–water partition coefficient (Wildman–Crippen LogP) is 4.98. The molecular formula is C21H39NO3. The van der Waals surface area contributed by atoms with Crippen molar-refractivity contribution in [1.82, 2.24) is 0 Å². The van der Waals surface area contributed by atoms with Crippen molar-refractivity contribution in [3.8, 4) is 0 Å². The number of nitrogens with two attached hydrogens (primary N) is 1. The number of carbonyl (C=O) groups excluding carboxylic acids is 1. The van der Waals surface area contributed by atoms with Gasteiger partial charge in [-0.05, 0) is 51.5 Å². The highest BCUT2D eigenvalue weighted by Crippen LogP contribution is 2.33. The van der Waals surface area contributed by atoms with Gasteiger partial charge in [0.1, 0.15) is 12.3 Å². The third-order valence-electron chi connectivity index (χ3n) is 4.96. The van der Waals surface area contributed by atoms with E-state index in [4.69, 9.17) is 15.2 Å². The summed E-state index contributed by atoms with van der Waals surface area (Å²) in [6.45, 7) is 14.6. The third kappa shape index (κ3) is 8.68. The van der Waals surface area contributed by atoms with Crippen LogP contribution in [0.15, 0.2) is 23.8 Å². The zero-order chi connectivity index (χ0) is 19.5. The topological polar surface area (TPSA) is 61.6 Å². The maximum atomic E-state index is 12.7. The number of ether oxygens (including phenoxy) is 2. The minimum atomic E-state index is -0.485. The van der Waals surface area contributed by atoms with Gasteiger partial charge in [-0.2, -0.15) is 0 Å². The van der Waals surface area contributed by atoms with Crippen LogP contribution in [0.1, 0.15) is 74.1 Å². The second kappa shape index (κ2) is 12.3. The predicted molar refractivity (Wildman–Crippen MR) is 105 cm³/mol. The van der Waals surface area contributed by atoms with Crippen molar-refractivity contribution in [1.29, 1.82) is 0 Å². The summed E-state index contributed by atoms with van der Waals surface area (Å²) in [6.07, 6.45) is 8.44. The Balaban J connectivity index is 4.72. The lowest BCUT2D eigenvalue weighted by molar-refractivity contribution is -0.166. The fourth-order valence-corrected chi connectivity index (χ4v) is 2.50. The Morgan fingerprint density at radius 2 is 1.88 bits per heavy atom. The highest BCUT2D eigenvalue weighted by molar-refractivity contribution is 5.76. The Morgan fingerprint density at radius 3 is 2.36 bits per heavy atom. The van der Waals surface area contributed by atoms with Crippen molar-refractivity contribution in [3.63, 3.8) is 0 Å². The summed E-state index contributed by atoms with van der Waals surface area (Å²) in [7, 11) is 0. The van der Waals surface area contributed by atoms with Crippen molar-refractivity contribution < 1.29 is 14.3 Å². The van der Waals surface area contributed by atoms with E-state index in [9.17, 15) is 4.79 Å². The molecule has 0 heterocycles. The van der Waals surface area contributed by atoms with E-state index in [2.05, 4.69) is 13.8 Å². The SMILES string of the molecule is CC=CC=C(C)C(N)OCC(CC)OC(=O)C(C)(CC)CC(C)CC. The monoisotopic (exact) mass is 353 g/mol. The third-order valence-corrected chi connectivity index (χ3v) is 4.96. The molecule has 0 radical (unpaired) electrons. The molecule has 146 valence electrons. The maximum Gasteiger partial charge on any atom is 0.312 e. The molecule has 0 saturated heterocycles. The zero-order valence-corrected chi connectivity index (χ0v) is 17.3. The Labute approximate surface area is 154 Å². The normalized spacial score (nSPS) is 18.6. The summed E-state index contributed by atoms with van der Waals surface area (Å²) in [5.41, 5.74) is 6.52. The van der Waals surface area contributed by atoms with E-state index >= 15 is 0 Å². The highest BCUT2D eigenvalue weighted by atomic mass is 16.6. The first-order chi connectivity index (χ1) is 11.7. The van der Waals surface area contributed by atoms with Gasteiger partial charge in [0.05, 0.1) is 12.0 Å². The fraction of sp³-hybridized carbons (Fsp3) is 0.762. The average Bonchev–Trinajstić information content (AvgIpc) is 2.61. The number of allylic oxidation sites excluding steroid dienone is 3. The molecule has 0 amide bonds. The minimum Gasteiger partial charge on any atom is -0.460 e. The van der Waals surface area contributed by atoms with Crippen LogP contribution >= 0.6 is 0 Å². The van der Waals surface area contributed by atoms with E-state index in [0.29, 0.717) is 18.9 Å². The first kappa shape index (κ1) is 23.9. The lowest BCUT2D eigenvalue weighted by Gasteiger charge is -2.31. The van der Waals surface area contributed by atoms with Gasteiger partial charge in [-0.3, -0.25) is 4.79 Å². The Morgan fingerprint density at radius 1 is 1.24 bits per heavy atom. The summed E-state index contributed by atoms with van der Waals surface area (Å²) in [5.74, 6) is 0.377. The van der Waals surface area contributed by atoms with Crippen LogP contribution in [-0.2, 0) is 14.3 Å². The molecule has 4 unspecified atom stereocenters. The summed E-state index contributed by atoms with van der Waals surface area (Å²) >= 11 is 0. The molecule has 0 aromatic carbocycles. The van der Waals surface area contributed by atoms with E-state index in [0.717, 1.165) is 24.8 Å². The van der Waals surface area contributed by atoms with Gasteiger partial charge < -0.3 is 15.2 Å². The lowest BCUT2D eigenvalue weighted by Crippen LogP contribution is -2.37. The molecule has 4 atom stereocenters. The van der Waals surface area contributed by atoms with Gasteiger partial charge in [0.15, 0.2) is 0 Å². The molecule has 25 heavy (non-hydrogen) atoms. The van der Waals surface area contributed by atoms with Crippen molar-refractivity contribution in [2.75, 3.05) is 6.61 Å². The van der Waals surface area contributed by atoms with Crippen LogP contribution in [0.3, 0.4) is 0 Å². The second-order valence-electron chi connectivity index (χ2n) is 7.26. The summed E-state index contributed by atoms with van der Waals surface area (Å²) in [4.78, 5) is 12.7.